The number of hydrogen-bond acceptors (Lipinski definition) is 7. The van der Waals surface area contributed by atoms with Gasteiger partial charge in [0.25, 0.3) is 0 Å². The van der Waals surface area contributed by atoms with E-state index in [0.717, 1.165) is 31.7 Å². The highest BCUT2D eigenvalue weighted by molar-refractivity contribution is 5.93. The highest BCUT2D eigenvalue weighted by Gasteiger charge is 2.26. The van der Waals surface area contributed by atoms with Crippen molar-refractivity contribution in [2.45, 2.75) is 12.8 Å². The molecule has 1 aliphatic heterocycles. The summed E-state index contributed by atoms with van der Waals surface area (Å²) >= 11 is 0. The van der Waals surface area contributed by atoms with Gasteiger partial charge in [0.1, 0.15) is 17.9 Å². The Bertz CT molecular complexity index is 963. The van der Waals surface area contributed by atoms with Gasteiger partial charge in [-0.05, 0) is 43.2 Å². The number of nitrogens with zero attached hydrogens (tertiary/aromatic N) is 5. The summed E-state index contributed by atoms with van der Waals surface area (Å²) in [5.41, 5.74) is 7.80. The van der Waals surface area contributed by atoms with Crippen LogP contribution in [0.5, 0.6) is 5.75 Å². The molecule has 0 unspecified atom stereocenters. The number of anilines is 3. The number of rotatable bonds is 4. The van der Waals surface area contributed by atoms with E-state index in [9.17, 15) is 4.79 Å². The predicted octanol–water partition coefficient (Wildman–Crippen LogP) is 1.57. The fraction of sp³-hybridized carbons (Fsp3) is 0.333. The van der Waals surface area contributed by atoms with Crippen LogP contribution in [0.4, 0.5) is 17.2 Å². The van der Waals surface area contributed by atoms with Crippen molar-refractivity contribution in [3.63, 3.8) is 0 Å². The summed E-state index contributed by atoms with van der Waals surface area (Å²) < 4.78 is 6.79. The average Bonchev–Trinajstić information content (AvgIpc) is 3.16. The van der Waals surface area contributed by atoms with E-state index in [0.29, 0.717) is 22.8 Å². The van der Waals surface area contributed by atoms with Crippen molar-refractivity contribution in [1.82, 2.24) is 19.8 Å². The Kier molecular flexibility index (Phi) is 4.49. The summed E-state index contributed by atoms with van der Waals surface area (Å²) in [5.74, 6) is 1.44. The van der Waals surface area contributed by atoms with Crippen molar-refractivity contribution < 1.29 is 9.53 Å². The van der Waals surface area contributed by atoms with Gasteiger partial charge < -0.3 is 20.7 Å². The lowest BCUT2D eigenvalue weighted by Gasteiger charge is -2.32. The van der Waals surface area contributed by atoms with Crippen LogP contribution in [0.1, 0.15) is 12.8 Å². The number of carbonyl (C=O) groups is 1. The fourth-order valence-electron chi connectivity index (χ4n) is 3.31. The maximum Gasteiger partial charge on any atom is 0.227 e. The molecule has 1 fully saturated rings. The van der Waals surface area contributed by atoms with Crippen LogP contribution in [-0.4, -0.2) is 45.9 Å². The zero-order valence-electron chi connectivity index (χ0n) is 15.0. The first kappa shape index (κ1) is 17.1. The van der Waals surface area contributed by atoms with Crippen LogP contribution in [0.3, 0.4) is 0 Å². The lowest BCUT2D eigenvalue weighted by molar-refractivity contribution is -0.120. The Morgan fingerprint density at radius 2 is 2.07 bits per heavy atom. The van der Waals surface area contributed by atoms with Crippen molar-refractivity contribution in [3.8, 4) is 5.75 Å². The quantitative estimate of drug-likeness (QED) is 0.673. The summed E-state index contributed by atoms with van der Waals surface area (Å²) in [5, 5.41) is 15.3. The Morgan fingerprint density at radius 3 is 2.81 bits per heavy atom. The Labute approximate surface area is 156 Å². The number of benzene rings is 1. The van der Waals surface area contributed by atoms with Gasteiger partial charge in [-0.1, -0.05) is 0 Å². The van der Waals surface area contributed by atoms with Crippen LogP contribution in [0.25, 0.3) is 5.65 Å². The van der Waals surface area contributed by atoms with Gasteiger partial charge in [0.15, 0.2) is 5.65 Å². The lowest BCUT2D eigenvalue weighted by Crippen LogP contribution is -2.38. The van der Waals surface area contributed by atoms with Gasteiger partial charge in [-0.2, -0.15) is 4.52 Å². The van der Waals surface area contributed by atoms with E-state index in [1.54, 1.807) is 36.2 Å². The summed E-state index contributed by atoms with van der Waals surface area (Å²) in [6.45, 7) is 1.53. The number of hydrogen-bond donors (Lipinski definition) is 2. The van der Waals surface area contributed by atoms with Gasteiger partial charge in [-0.25, -0.2) is 0 Å². The number of nitrogens with one attached hydrogen (secondary N) is 1. The molecule has 3 heterocycles. The SMILES string of the molecule is COc1ccc(NC(=O)C2CCN(c3ccc4nncn4n3)CC2)cc1N. The first-order chi connectivity index (χ1) is 13.1. The molecule has 1 amide bonds. The number of carbonyl (C=O) groups excluding carboxylic acids is 1. The van der Waals surface area contributed by atoms with Gasteiger partial charge in [0, 0.05) is 24.7 Å². The second-order valence-electron chi connectivity index (χ2n) is 6.53. The summed E-state index contributed by atoms with van der Waals surface area (Å²) in [4.78, 5) is 14.8. The average molecular weight is 367 g/mol. The van der Waals surface area contributed by atoms with E-state index >= 15 is 0 Å². The van der Waals surface area contributed by atoms with Crippen molar-refractivity contribution >= 4 is 28.7 Å². The monoisotopic (exact) mass is 367 g/mol. The van der Waals surface area contributed by atoms with Crippen LogP contribution in [-0.2, 0) is 4.79 Å². The zero-order valence-corrected chi connectivity index (χ0v) is 15.0. The minimum Gasteiger partial charge on any atom is -0.495 e. The number of nitrogen functional groups attached to an aromatic ring is 1. The highest BCUT2D eigenvalue weighted by atomic mass is 16.5. The molecular weight excluding hydrogens is 346 g/mol. The van der Waals surface area contributed by atoms with Crippen LogP contribution in [0.2, 0.25) is 0 Å². The molecule has 4 rings (SSSR count). The molecule has 9 nitrogen and oxygen atoms in total. The normalized spacial score (nSPS) is 15.1. The summed E-state index contributed by atoms with van der Waals surface area (Å²) in [6, 6.07) is 9.08. The van der Waals surface area contributed by atoms with Crippen LogP contribution in [0, 0.1) is 5.92 Å². The van der Waals surface area contributed by atoms with E-state index in [-0.39, 0.29) is 11.8 Å². The second-order valence-corrected chi connectivity index (χ2v) is 6.53. The van der Waals surface area contributed by atoms with E-state index in [4.69, 9.17) is 10.5 Å². The smallest absolute Gasteiger partial charge is 0.227 e. The summed E-state index contributed by atoms with van der Waals surface area (Å²) in [6.07, 6.45) is 3.11. The number of piperidine rings is 1. The number of methoxy groups -OCH3 is 1. The predicted molar refractivity (Wildman–Crippen MR) is 102 cm³/mol. The van der Waals surface area contributed by atoms with Gasteiger partial charge in [0.05, 0.1) is 12.8 Å². The minimum atomic E-state index is -0.0387. The third-order valence-electron chi connectivity index (χ3n) is 4.83. The Hall–Kier alpha value is -3.36. The first-order valence-electron chi connectivity index (χ1n) is 8.80. The van der Waals surface area contributed by atoms with Gasteiger partial charge in [-0.3, -0.25) is 4.79 Å². The van der Waals surface area contributed by atoms with E-state index in [1.807, 2.05) is 12.1 Å². The number of nitrogens with two attached hydrogens (primary N) is 1. The third kappa shape index (κ3) is 3.48. The molecule has 0 radical (unpaired) electrons. The fourth-order valence-corrected chi connectivity index (χ4v) is 3.31. The van der Waals surface area contributed by atoms with Crippen LogP contribution >= 0.6 is 0 Å². The number of ether oxygens (including phenoxy) is 1. The molecule has 0 spiro atoms. The molecule has 1 saturated heterocycles. The van der Waals surface area contributed by atoms with Gasteiger partial charge in [-0.15, -0.1) is 15.3 Å². The number of amides is 1. The number of aromatic nitrogens is 4. The molecule has 2 aromatic heterocycles. The number of fused-ring (bicyclic) bond motifs is 1. The molecule has 140 valence electrons. The van der Waals surface area contributed by atoms with E-state index in [1.165, 1.54) is 0 Å². The molecule has 1 aliphatic rings. The maximum atomic E-state index is 12.6. The van der Waals surface area contributed by atoms with Gasteiger partial charge in [0.2, 0.25) is 5.91 Å². The molecule has 0 saturated carbocycles. The molecule has 9 heteroatoms. The van der Waals surface area contributed by atoms with Crippen molar-refractivity contribution in [3.05, 3.63) is 36.7 Å². The van der Waals surface area contributed by atoms with Crippen LogP contribution in [0.15, 0.2) is 36.7 Å². The zero-order chi connectivity index (χ0) is 18.8. The molecule has 1 aromatic carbocycles. The van der Waals surface area contributed by atoms with E-state index in [2.05, 4.69) is 25.5 Å². The largest absolute Gasteiger partial charge is 0.495 e. The molecule has 0 aliphatic carbocycles. The second kappa shape index (κ2) is 7.10. The molecule has 3 N–H and O–H groups in total. The maximum absolute atomic E-state index is 12.6. The minimum absolute atomic E-state index is 0.0152. The Morgan fingerprint density at radius 1 is 1.26 bits per heavy atom. The first-order valence-corrected chi connectivity index (χ1v) is 8.80. The van der Waals surface area contributed by atoms with Crippen molar-refractivity contribution in [2.24, 2.45) is 5.92 Å². The molecular formula is C18H21N7O2. The van der Waals surface area contributed by atoms with Gasteiger partial charge >= 0.3 is 0 Å². The highest BCUT2D eigenvalue weighted by Crippen LogP contribution is 2.27. The molecule has 0 bridgehead atoms. The molecule has 3 aromatic rings. The Balaban J connectivity index is 1.36. The molecule has 27 heavy (non-hydrogen) atoms. The van der Waals surface area contributed by atoms with Crippen molar-refractivity contribution in [2.75, 3.05) is 36.1 Å². The molecule has 0 atom stereocenters. The third-order valence-corrected chi connectivity index (χ3v) is 4.83. The standard InChI is InChI=1S/C18H21N7O2/c1-27-15-3-2-13(10-14(15)19)21-18(26)12-6-8-24(9-7-12)17-5-4-16-22-20-11-25(16)23-17/h2-5,10-12H,6-9,19H2,1H3,(H,21,26). The van der Waals surface area contributed by atoms with E-state index < -0.39 is 0 Å². The lowest BCUT2D eigenvalue weighted by atomic mass is 9.96. The van der Waals surface area contributed by atoms with Crippen LogP contribution < -0.4 is 20.7 Å². The topological polar surface area (TPSA) is 111 Å². The van der Waals surface area contributed by atoms with Crippen molar-refractivity contribution in [1.29, 1.82) is 0 Å². The summed E-state index contributed by atoms with van der Waals surface area (Å²) in [7, 11) is 1.56.